The lowest BCUT2D eigenvalue weighted by atomic mass is 9.70. The van der Waals surface area contributed by atoms with Gasteiger partial charge in [-0.05, 0) is 184 Å². The molecule has 11 aromatic carbocycles. The molecule has 338 valence electrons. The van der Waals surface area contributed by atoms with Gasteiger partial charge in [0, 0.05) is 33.7 Å². The minimum Gasteiger partial charge on any atom is -0.443 e. The molecule has 3 aliphatic rings. The van der Waals surface area contributed by atoms with Crippen molar-refractivity contribution in [2.24, 2.45) is 0 Å². The second-order valence-corrected chi connectivity index (χ2v) is 20.4. The van der Waals surface area contributed by atoms with Crippen molar-refractivity contribution in [2.45, 2.75) is 24.7 Å². The number of aromatic nitrogens is 2. The molecule has 0 amide bonds. The number of nitrogens with one attached hydrogen (secondary N) is 2. The second-order valence-electron chi connectivity index (χ2n) is 20.4. The van der Waals surface area contributed by atoms with Gasteiger partial charge in [0.15, 0.2) is 24.0 Å². The first-order valence-corrected chi connectivity index (χ1v) is 24.7. The lowest BCUT2D eigenvalue weighted by Crippen LogP contribution is -2.26. The van der Waals surface area contributed by atoms with Crippen molar-refractivity contribution in [3.05, 3.63) is 240 Å². The average Bonchev–Trinajstić information content (AvgIpc) is 4.23. The summed E-state index contributed by atoms with van der Waals surface area (Å²) < 4.78 is 11.3. The van der Waals surface area contributed by atoms with Crippen molar-refractivity contribution in [3.63, 3.8) is 0 Å². The molecule has 0 radical (unpaired) electrons. The first kappa shape index (κ1) is 39.6. The van der Waals surface area contributed by atoms with Gasteiger partial charge in [0.1, 0.15) is 11.0 Å². The fourth-order valence-electron chi connectivity index (χ4n) is 13.0. The molecule has 6 heteroatoms. The van der Waals surface area contributed by atoms with E-state index < -0.39 is 5.41 Å². The summed E-state index contributed by atoms with van der Waals surface area (Å²) in [5.41, 5.74) is 24.5. The number of fused-ring (bicyclic) bond motifs is 19. The predicted octanol–water partition coefficient (Wildman–Crippen LogP) is 17.2. The standard InChI is InChI=1S/C66H42N4O2/c1-65(2)53-13-7-5-11-47(53)52-33-50(59(34-57(52)65)70-44-20-16-39-31-63-61(68-36-72-63)29-42(39)26-44)40-18-23-55-51(27-40)48-12-6-8-14-54(48)66(55)56-24-17-37-9-3-4-10-46(37)64(56)49-22-21-45(32-58(49)66)69-43-19-15-38-30-62-60(67-35-71-62)28-41(38)25-43/h3-36,69-70H,1-2H3. The van der Waals surface area contributed by atoms with Crippen LogP contribution < -0.4 is 10.6 Å². The van der Waals surface area contributed by atoms with Crippen molar-refractivity contribution < 1.29 is 8.83 Å². The van der Waals surface area contributed by atoms with Crippen molar-refractivity contribution >= 4 is 77.3 Å². The Bertz CT molecular complexity index is 4520. The molecule has 0 saturated carbocycles. The third-order valence-corrected chi connectivity index (χ3v) is 16.3. The summed E-state index contributed by atoms with van der Waals surface area (Å²) in [5, 5.41) is 14.7. The molecule has 6 nitrogen and oxygen atoms in total. The van der Waals surface area contributed by atoms with Gasteiger partial charge in [0.05, 0.1) is 5.41 Å². The molecule has 2 aromatic heterocycles. The SMILES string of the molecule is CC1(C)c2ccccc2-c2cc(-c3ccc4c(c3)-c3ccccc3C43c4cc(Nc5ccc6cc7ocnc7cc6c5)ccc4-c4c3ccc3ccccc43)c(Nc3ccc4cc5ocnc5cc4c3)cc21. The van der Waals surface area contributed by atoms with Gasteiger partial charge in [-0.15, -0.1) is 0 Å². The maximum absolute atomic E-state index is 5.65. The topological polar surface area (TPSA) is 76.1 Å². The lowest BCUT2D eigenvalue weighted by Gasteiger charge is -2.31. The normalized spacial score (nSPS) is 15.5. The molecule has 2 heterocycles. The Morgan fingerprint density at radius 1 is 0.375 bits per heavy atom. The van der Waals surface area contributed by atoms with Gasteiger partial charge in [-0.1, -0.05) is 129 Å². The van der Waals surface area contributed by atoms with E-state index in [1.165, 1.54) is 90.3 Å². The molecule has 72 heavy (non-hydrogen) atoms. The van der Waals surface area contributed by atoms with E-state index in [9.17, 15) is 0 Å². The number of benzene rings is 11. The Labute approximate surface area is 414 Å². The Morgan fingerprint density at radius 2 is 0.972 bits per heavy atom. The van der Waals surface area contributed by atoms with Crippen LogP contribution >= 0.6 is 0 Å². The van der Waals surface area contributed by atoms with Crippen LogP contribution in [0.5, 0.6) is 0 Å². The quantitative estimate of drug-likeness (QED) is 0.179. The van der Waals surface area contributed by atoms with E-state index in [1.54, 1.807) is 0 Å². The zero-order valence-electron chi connectivity index (χ0n) is 39.3. The Morgan fingerprint density at radius 3 is 1.74 bits per heavy atom. The summed E-state index contributed by atoms with van der Waals surface area (Å²) in [6, 6.07) is 72.1. The van der Waals surface area contributed by atoms with Crippen molar-refractivity contribution in [1.82, 2.24) is 9.97 Å². The average molecular weight is 923 g/mol. The molecular weight excluding hydrogens is 881 g/mol. The van der Waals surface area contributed by atoms with Crippen LogP contribution in [-0.2, 0) is 10.8 Å². The van der Waals surface area contributed by atoms with Gasteiger partial charge < -0.3 is 19.5 Å². The van der Waals surface area contributed by atoms with Crippen LogP contribution in [0.2, 0.25) is 0 Å². The molecule has 13 aromatic rings. The summed E-state index contributed by atoms with van der Waals surface area (Å²) in [7, 11) is 0. The van der Waals surface area contributed by atoms with Gasteiger partial charge in [-0.2, -0.15) is 0 Å². The van der Waals surface area contributed by atoms with Crippen LogP contribution in [0.15, 0.2) is 216 Å². The number of anilines is 4. The molecule has 1 atom stereocenters. The van der Waals surface area contributed by atoms with Crippen LogP contribution in [0.25, 0.3) is 99.0 Å². The van der Waals surface area contributed by atoms with E-state index in [0.29, 0.717) is 0 Å². The highest BCUT2D eigenvalue weighted by Gasteiger charge is 2.52. The third kappa shape index (κ3) is 5.38. The van der Waals surface area contributed by atoms with Crippen LogP contribution in [0.1, 0.15) is 47.2 Å². The third-order valence-electron chi connectivity index (χ3n) is 16.3. The summed E-state index contributed by atoms with van der Waals surface area (Å²) in [6.45, 7) is 4.71. The maximum Gasteiger partial charge on any atom is 0.181 e. The number of rotatable bonds is 5. The Kier molecular flexibility index (Phi) is 7.79. The molecule has 3 aliphatic carbocycles. The highest BCUT2D eigenvalue weighted by Crippen LogP contribution is 2.65. The van der Waals surface area contributed by atoms with E-state index >= 15 is 0 Å². The second kappa shape index (κ2) is 14.2. The van der Waals surface area contributed by atoms with E-state index in [1.807, 2.05) is 0 Å². The molecule has 0 bridgehead atoms. The van der Waals surface area contributed by atoms with Crippen LogP contribution in [0.4, 0.5) is 22.7 Å². The fraction of sp³-hybridized carbons (Fsp3) is 0.0606. The fourth-order valence-corrected chi connectivity index (χ4v) is 13.0. The zero-order chi connectivity index (χ0) is 47.5. The molecule has 1 unspecified atom stereocenters. The maximum atomic E-state index is 5.65. The molecule has 16 rings (SSSR count). The summed E-state index contributed by atoms with van der Waals surface area (Å²) in [5.74, 6) is 0. The van der Waals surface area contributed by atoms with Crippen molar-refractivity contribution in [2.75, 3.05) is 10.6 Å². The molecule has 1 spiro atoms. The van der Waals surface area contributed by atoms with Crippen LogP contribution in [-0.4, -0.2) is 9.97 Å². The number of hydrogen-bond donors (Lipinski definition) is 2. The predicted molar refractivity (Wildman–Crippen MR) is 293 cm³/mol. The number of oxazole rings is 2. The summed E-state index contributed by atoms with van der Waals surface area (Å²) in [4.78, 5) is 8.89. The van der Waals surface area contributed by atoms with E-state index in [2.05, 4.69) is 229 Å². The van der Waals surface area contributed by atoms with Gasteiger partial charge >= 0.3 is 0 Å². The Hall–Kier alpha value is -9.26. The molecule has 0 saturated heterocycles. The molecular formula is C66H42N4O2. The van der Waals surface area contributed by atoms with E-state index in [-0.39, 0.29) is 5.41 Å². The first-order chi connectivity index (χ1) is 35.4. The number of hydrogen-bond acceptors (Lipinski definition) is 6. The van der Waals surface area contributed by atoms with Crippen LogP contribution in [0, 0.1) is 0 Å². The Balaban J connectivity index is 0.891. The van der Waals surface area contributed by atoms with E-state index in [4.69, 9.17) is 8.83 Å². The zero-order valence-corrected chi connectivity index (χ0v) is 39.3. The van der Waals surface area contributed by atoms with Gasteiger partial charge in [0.2, 0.25) is 0 Å². The minimum atomic E-state index is -0.568. The van der Waals surface area contributed by atoms with Gasteiger partial charge in [0.25, 0.3) is 0 Å². The highest BCUT2D eigenvalue weighted by molar-refractivity contribution is 6.07. The largest absolute Gasteiger partial charge is 0.443 e. The van der Waals surface area contributed by atoms with Crippen LogP contribution in [0.3, 0.4) is 0 Å². The lowest BCUT2D eigenvalue weighted by molar-refractivity contribution is 0.602. The summed E-state index contributed by atoms with van der Waals surface area (Å²) in [6.07, 6.45) is 3.03. The molecule has 2 N–H and O–H groups in total. The molecule has 0 aliphatic heterocycles. The smallest absolute Gasteiger partial charge is 0.181 e. The number of nitrogens with zero attached hydrogens (tertiary/aromatic N) is 2. The van der Waals surface area contributed by atoms with Crippen molar-refractivity contribution in [1.29, 1.82) is 0 Å². The van der Waals surface area contributed by atoms with Crippen molar-refractivity contribution in [3.8, 4) is 44.5 Å². The minimum absolute atomic E-state index is 0.175. The molecule has 0 fully saturated rings. The highest BCUT2D eigenvalue weighted by atomic mass is 16.3. The summed E-state index contributed by atoms with van der Waals surface area (Å²) >= 11 is 0. The van der Waals surface area contributed by atoms with Gasteiger partial charge in [-0.3, -0.25) is 0 Å². The first-order valence-electron chi connectivity index (χ1n) is 24.7. The van der Waals surface area contributed by atoms with Gasteiger partial charge in [-0.25, -0.2) is 9.97 Å². The monoisotopic (exact) mass is 922 g/mol. The van der Waals surface area contributed by atoms with E-state index in [0.717, 1.165) is 77.6 Å².